The molecule has 0 amide bonds. The molecule has 5 unspecified atom stereocenters. The number of ether oxygens (including phenoxy) is 4. The molecule has 1 saturated heterocycles. The van der Waals surface area contributed by atoms with E-state index < -0.39 is 0 Å². The maximum absolute atomic E-state index is 6.53. The zero-order valence-electron chi connectivity index (χ0n) is 43.0. The summed E-state index contributed by atoms with van der Waals surface area (Å²) in [7, 11) is 0. The van der Waals surface area contributed by atoms with Crippen LogP contribution in [0.25, 0.3) is 0 Å². The largest absolute Gasteiger partial charge is 0.379 e. The summed E-state index contributed by atoms with van der Waals surface area (Å²) in [5, 5.41) is 0. The molecule has 1 heterocycles. The Morgan fingerprint density at radius 2 is 1.46 bits per heavy atom. The Kier molecular flexibility index (Phi) is 24.7. The second-order valence-corrected chi connectivity index (χ2v) is 23.2. The van der Waals surface area contributed by atoms with E-state index >= 15 is 0 Å². The van der Waals surface area contributed by atoms with E-state index in [0.717, 1.165) is 67.4 Å². The van der Waals surface area contributed by atoms with Crippen LogP contribution in [0.1, 0.15) is 222 Å². The van der Waals surface area contributed by atoms with Crippen molar-refractivity contribution in [2.24, 2.45) is 52.3 Å². The monoisotopic (exact) mass is 880 g/mol. The minimum absolute atomic E-state index is 0.111. The fraction of sp³-hybridized carbons (Fsp3) is 0.931. The Hall–Kier alpha value is -0.720. The van der Waals surface area contributed by atoms with Crippen LogP contribution in [-0.2, 0) is 18.9 Å². The number of nitrogens with zero attached hydrogens (tertiary/aromatic N) is 1. The molecule has 5 aliphatic rings. The summed E-state index contributed by atoms with van der Waals surface area (Å²) >= 11 is 0. The van der Waals surface area contributed by atoms with Crippen LogP contribution in [0.5, 0.6) is 0 Å². The minimum atomic E-state index is 0.111. The van der Waals surface area contributed by atoms with Crippen LogP contribution in [0, 0.1) is 52.3 Å². The normalized spacial score (nSPS) is 31.0. The Morgan fingerprint density at radius 1 is 0.730 bits per heavy atom. The summed E-state index contributed by atoms with van der Waals surface area (Å²) in [6.45, 7) is 24.9. The maximum atomic E-state index is 6.53. The molecule has 1 aliphatic heterocycles. The van der Waals surface area contributed by atoms with Gasteiger partial charge in [0.05, 0.1) is 45.2 Å². The number of rotatable bonds is 33. The zero-order chi connectivity index (χ0) is 44.8. The Morgan fingerprint density at radius 3 is 2.21 bits per heavy atom. The van der Waals surface area contributed by atoms with Gasteiger partial charge in [-0.15, -0.1) is 0 Å². The van der Waals surface area contributed by atoms with E-state index in [9.17, 15) is 0 Å². The number of piperidine rings is 1. The van der Waals surface area contributed by atoms with Crippen molar-refractivity contribution in [2.45, 2.75) is 234 Å². The van der Waals surface area contributed by atoms with E-state index in [-0.39, 0.29) is 6.10 Å². The molecular weight excluding hydrogens is 775 g/mol. The third-order valence-electron chi connectivity index (χ3n) is 17.7. The molecular formula is C58H105NO4. The molecule has 10 atom stereocenters. The average Bonchev–Trinajstić information content (AvgIpc) is 3.62. The Labute approximate surface area is 391 Å². The summed E-state index contributed by atoms with van der Waals surface area (Å²) < 4.78 is 25.3. The highest BCUT2D eigenvalue weighted by molar-refractivity contribution is 5.25. The molecule has 0 bridgehead atoms. The van der Waals surface area contributed by atoms with Gasteiger partial charge in [0.15, 0.2) is 0 Å². The molecule has 0 radical (unpaired) electrons. The van der Waals surface area contributed by atoms with Gasteiger partial charge in [-0.2, -0.15) is 0 Å². The highest BCUT2D eigenvalue weighted by Crippen LogP contribution is 2.67. The Bertz CT molecular complexity index is 1270. The lowest BCUT2D eigenvalue weighted by molar-refractivity contribution is -0.0741. The van der Waals surface area contributed by atoms with Gasteiger partial charge in [0.2, 0.25) is 0 Å². The SMILES string of the molecule is CCCCCCCC/C=C\CCCCCCCCOCC(CN1CCCC(C)C1)OCCOCCO[C@H]1CCC2(C)C(=CCC3[C@@H]2CC[C@]2(C)C([C@@H](C)CCCC(C)C)CC[C@@H]32)C1. The van der Waals surface area contributed by atoms with E-state index in [4.69, 9.17) is 18.9 Å². The molecule has 3 saturated carbocycles. The fourth-order valence-electron chi connectivity index (χ4n) is 14.0. The lowest BCUT2D eigenvalue weighted by Gasteiger charge is -2.58. The van der Waals surface area contributed by atoms with Crippen LogP contribution in [0.2, 0.25) is 0 Å². The van der Waals surface area contributed by atoms with Crippen LogP contribution in [0.15, 0.2) is 23.8 Å². The summed E-state index contributed by atoms with van der Waals surface area (Å²) in [6.07, 6.45) is 44.5. The molecule has 0 spiro atoms. The molecule has 4 aliphatic carbocycles. The Balaban J connectivity index is 0.918. The van der Waals surface area contributed by atoms with Crippen LogP contribution in [-0.4, -0.2) is 76.4 Å². The van der Waals surface area contributed by atoms with Crippen molar-refractivity contribution in [3.8, 4) is 0 Å². The van der Waals surface area contributed by atoms with Gasteiger partial charge in [0, 0.05) is 19.7 Å². The van der Waals surface area contributed by atoms with Gasteiger partial charge in [-0.25, -0.2) is 0 Å². The molecule has 4 fully saturated rings. The molecule has 0 aromatic rings. The van der Waals surface area contributed by atoms with Crippen molar-refractivity contribution in [2.75, 3.05) is 59.3 Å². The summed E-state index contributed by atoms with van der Waals surface area (Å²) in [5.41, 5.74) is 2.68. The second-order valence-electron chi connectivity index (χ2n) is 23.2. The van der Waals surface area contributed by atoms with E-state index in [2.05, 4.69) is 71.6 Å². The first kappa shape index (κ1) is 53.2. The van der Waals surface area contributed by atoms with Gasteiger partial charge >= 0.3 is 0 Å². The van der Waals surface area contributed by atoms with Gasteiger partial charge in [0.1, 0.15) is 0 Å². The lowest BCUT2D eigenvalue weighted by atomic mass is 9.47. The van der Waals surface area contributed by atoms with Gasteiger partial charge in [0.25, 0.3) is 0 Å². The highest BCUT2D eigenvalue weighted by atomic mass is 16.6. The van der Waals surface area contributed by atoms with Crippen LogP contribution in [0.4, 0.5) is 0 Å². The number of unbranched alkanes of at least 4 members (excludes halogenated alkanes) is 12. The average molecular weight is 880 g/mol. The first-order valence-electron chi connectivity index (χ1n) is 28.1. The number of likely N-dealkylation sites (tertiary alicyclic amines) is 1. The first-order chi connectivity index (χ1) is 30.6. The number of hydrogen-bond donors (Lipinski definition) is 0. The predicted octanol–water partition coefficient (Wildman–Crippen LogP) is 15.6. The highest BCUT2D eigenvalue weighted by Gasteiger charge is 2.59. The maximum Gasteiger partial charge on any atom is 0.0936 e. The van der Waals surface area contributed by atoms with E-state index in [1.807, 2.05) is 0 Å². The molecule has 5 heteroatoms. The van der Waals surface area contributed by atoms with Gasteiger partial charge in [-0.3, -0.25) is 0 Å². The van der Waals surface area contributed by atoms with Crippen LogP contribution < -0.4 is 0 Å². The standard InChI is InChI=1S/C58H105NO4/c1-8-9-10-11-12-13-14-15-16-17-18-19-20-21-22-23-38-61-46-52(45-59-37-25-27-48(4)44-59)63-42-40-60-39-41-62-51-33-35-57(6)50(43-51)29-30-53-55-32-31-54(49(5)28-24-26-47(2)3)58(55,7)36-34-56(53)57/h15-16,29,47-49,51-56H,8-14,17-28,30-46H2,1-7H3/b16-15-/t48?,49-,51-,52?,53?,54?,55-,56-,57?,58+/m0/s1. The number of fused-ring (bicyclic) bond motifs is 5. The molecule has 63 heavy (non-hydrogen) atoms. The third kappa shape index (κ3) is 17.4. The van der Waals surface area contributed by atoms with Crippen molar-refractivity contribution in [1.29, 1.82) is 0 Å². The lowest BCUT2D eigenvalue weighted by Crippen LogP contribution is -2.51. The second kappa shape index (κ2) is 29.2. The van der Waals surface area contributed by atoms with Gasteiger partial charge in [-0.05, 0) is 155 Å². The molecule has 0 aromatic carbocycles. The molecule has 0 aromatic heterocycles. The fourth-order valence-corrected chi connectivity index (χ4v) is 14.0. The minimum Gasteiger partial charge on any atom is -0.379 e. The smallest absolute Gasteiger partial charge is 0.0936 e. The van der Waals surface area contributed by atoms with Crippen molar-refractivity contribution in [3.63, 3.8) is 0 Å². The van der Waals surface area contributed by atoms with Crippen LogP contribution >= 0.6 is 0 Å². The molecule has 0 N–H and O–H groups in total. The molecule has 366 valence electrons. The zero-order valence-corrected chi connectivity index (χ0v) is 43.0. The van der Waals surface area contributed by atoms with Crippen LogP contribution in [0.3, 0.4) is 0 Å². The number of hydrogen-bond acceptors (Lipinski definition) is 5. The predicted molar refractivity (Wildman–Crippen MR) is 268 cm³/mol. The van der Waals surface area contributed by atoms with Crippen molar-refractivity contribution in [3.05, 3.63) is 23.8 Å². The first-order valence-corrected chi connectivity index (χ1v) is 28.1. The van der Waals surface area contributed by atoms with Gasteiger partial charge < -0.3 is 23.8 Å². The third-order valence-corrected chi connectivity index (χ3v) is 17.7. The van der Waals surface area contributed by atoms with Crippen molar-refractivity contribution in [1.82, 2.24) is 4.90 Å². The molecule has 5 rings (SSSR count). The van der Waals surface area contributed by atoms with E-state index in [0.29, 0.717) is 50.0 Å². The van der Waals surface area contributed by atoms with E-state index in [1.165, 1.54) is 174 Å². The summed E-state index contributed by atoms with van der Waals surface area (Å²) in [5.74, 6) is 6.14. The number of allylic oxidation sites excluding steroid dienone is 3. The van der Waals surface area contributed by atoms with Crippen molar-refractivity contribution >= 4 is 0 Å². The summed E-state index contributed by atoms with van der Waals surface area (Å²) in [6, 6.07) is 0. The summed E-state index contributed by atoms with van der Waals surface area (Å²) in [4.78, 5) is 2.60. The molecule has 5 nitrogen and oxygen atoms in total. The topological polar surface area (TPSA) is 40.2 Å². The van der Waals surface area contributed by atoms with Crippen molar-refractivity contribution < 1.29 is 18.9 Å². The van der Waals surface area contributed by atoms with E-state index in [1.54, 1.807) is 5.57 Å². The van der Waals surface area contributed by atoms with Gasteiger partial charge in [-0.1, -0.05) is 149 Å². The quantitative estimate of drug-likeness (QED) is 0.0485.